The average Bonchev–Trinajstić information content (AvgIpc) is 3.52. The molecule has 3 aromatic carbocycles. The molecule has 0 N–H and O–H groups in total. The molecule has 0 aliphatic carbocycles. The lowest BCUT2D eigenvalue weighted by molar-refractivity contribution is -0.131. The van der Waals surface area contributed by atoms with Crippen LogP contribution in [0.3, 0.4) is 0 Å². The predicted octanol–water partition coefficient (Wildman–Crippen LogP) is 4.35. The zero-order valence-electron chi connectivity index (χ0n) is 20.6. The number of carbonyl (C=O) groups excluding carboxylic acids is 2. The van der Waals surface area contributed by atoms with Crippen molar-refractivity contribution >= 4 is 28.3 Å². The van der Waals surface area contributed by atoms with Gasteiger partial charge >= 0.3 is 0 Å². The van der Waals surface area contributed by atoms with E-state index in [-0.39, 0.29) is 29.5 Å². The molecule has 8 nitrogen and oxygen atoms in total. The van der Waals surface area contributed by atoms with Gasteiger partial charge in [-0.1, -0.05) is 24.3 Å². The van der Waals surface area contributed by atoms with E-state index in [9.17, 15) is 20.1 Å². The monoisotopic (exact) mass is 502 g/mol. The van der Waals surface area contributed by atoms with E-state index in [1.807, 2.05) is 43.3 Å². The largest absolute Gasteiger partial charge is 0.493 e. The van der Waals surface area contributed by atoms with E-state index in [1.165, 1.54) is 11.0 Å². The van der Waals surface area contributed by atoms with Crippen LogP contribution in [-0.2, 0) is 14.3 Å². The molecule has 2 bridgehead atoms. The minimum absolute atomic E-state index is 0.220. The number of benzene rings is 3. The third kappa shape index (κ3) is 3.23. The van der Waals surface area contributed by atoms with Crippen molar-refractivity contribution in [1.82, 2.24) is 0 Å². The van der Waals surface area contributed by atoms with Crippen LogP contribution in [-0.4, -0.2) is 29.6 Å². The van der Waals surface area contributed by atoms with Crippen molar-refractivity contribution in [2.24, 2.45) is 11.8 Å². The van der Waals surface area contributed by atoms with Gasteiger partial charge < -0.3 is 9.47 Å². The zero-order valence-corrected chi connectivity index (χ0v) is 20.6. The Balaban J connectivity index is 1.30. The Morgan fingerprint density at radius 2 is 1.58 bits per heavy atom. The van der Waals surface area contributed by atoms with Gasteiger partial charge in [0.2, 0.25) is 11.8 Å². The summed E-state index contributed by atoms with van der Waals surface area (Å²) < 4.78 is 12.4. The smallest absolute Gasteiger partial charge is 0.240 e. The molecule has 3 saturated heterocycles. The van der Waals surface area contributed by atoms with Crippen LogP contribution in [0.2, 0.25) is 0 Å². The third-order valence-corrected chi connectivity index (χ3v) is 8.30. The van der Waals surface area contributed by atoms with E-state index in [1.54, 1.807) is 24.3 Å². The SMILES string of the molecule is C[C@]12CC[C@](CCOc3ccc(C#N)c(C#N)c3)(O1)[C@@H]1C(=O)N(c3ccc(C#N)c4ccccc34)C(=O)[C@@H]12. The summed E-state index contributed by atoms with van der Waals surface area (Å²) >= 11 is 0. The predicted molar refractivity (Wildman–Crippen MR) is 136 cm³/mol. The molecule has 3 heterocycles. The molecule has 3 aromatic rings. The van der Waals surface area contributed by atoms with Crippen LogP contribution in [0.1, 0.15) is 42.9 Å². The van der Waals surface area contributed by atoms with Gasteiger partial charge in [0.25, 0.3) is 0 Å². The fraction of sp³-hybridized carbons (Fsp3) is 0.300. The number of rotatable bonds is 5. The maximum absolute atomic E-state index is 14.0. The van der Waals surface area contributed by atoms with E-state index in [2.05, 4.69) is 6.07 Å². The van der Waals surface area contributed by atoms with Crippen molar-refractivity contribution in [3.63, 3.8) is 0 Å². The van der Waals surface area contributed by atoms with Crippen LogP contribution in [0.25, 0.3) is 10.8 Å². The molecule has 4 atom stereocenters. The van der Waals surface area contributed by atoms with Crippen LogP contribution >= 0.6 is 0 Å². The van der Waals surface area contributed by atoms with Gasteiger partial charge in [-0.3, -0.25) is 9.59 Å². The first-order valence-corrected chi connectivity index (χ1v) is 12.4. The highest BCUT2D eigenvalue weighted by atomic mass is 16.5. The number of ether oxygens (including phenoxy) is 2. The molecule has 0 unspecified atom stereocenters. The second kappa shape index (κ2) is 8.42. The first-order valence-electron chi connectivity index (χ1n) is 12.4. The normalized spacial score (nSPS) is 27.2. The molecule has 186 valence electrons. The molecule has 3 aliphatic heterocycles. The Bertz CT molecular complexity index is 1660. The van der Waals surface area contributed by atoms with Gasteiger partial charge in [0, 0.05) is 17.2 Å². The molecule has 38 heavy (non-hydrogen) atoms. The lowest BCUT2D eigenvalue weighted by Gasteiger charge is -2.31. The number of imide groups is 1. The number of anilines is 1. The standard InChI is InChI=1S/C30H22N4O4/c1-29-10-11-30(38-29,12-13-37-21-8-6-18(15-31)20(14-21)17-33)26-25(29)27(35)34(28(26)36)24-9-7-19(16-32)22-4-2-3-5-23(22)24/h2-9,14,25-26H,10-13H2,1H3/t25-,26+,29-,30-/m1/s1. The average molecular weight is 503 g/mol. The summed E-state index contributed by atoms with van der Waals surface area (Å²) in [7, 11) is 0. The molecular formula is C30H22N4O4. The summed E-state index contributed by atoms with van der Waals surface area (Å²) in [6.07, 6.45) is 1.68. The Morgan fingerprint density at radius 1 is 0.895 bits per heavy atom. The van der Waals surface area contributed by atoms with Crippen LogP contribution < -0.4 is 9.64 Å². The summed E-state index contributed by atoms with van der Waals surface area (Å²) in [5.74, 6) is -1.35. The van der Waals surface area contributed by atoms with Crippen LogP contribution in [0, 0.1) is 45.8 Å². The van der Waals surface area contributed by atoms with Crippen molar-refractivity contribution in [3.8, 4) is 24.0 Å². The highest BCUT2D eigenvalue weighted by Gasteiger charge is 2.73. The van der Waals surface area contributed by atoms with Crippen LogP contribution in [0.15, 0.2) is 54.6 Å². The third-order valence-electron chi connectivity index (χ3n) is 8.30. The molecular weight excluding hydrogens is 480 g/mol. The number of hydrogen-bond donors (Lipinski definition) is 0. The van der Waals surface area contributed by atoms with Gasteiger partial charge in [0.15, 0.2) is 0 Å². The number of nitriles is 3. The van der Waals surface area contributed by atoms with Gasteiger partial charge in [0.05, 0.1) is 58.1 Å². The second-order valence-electron chi connectivity index (χ2n) is 10.3. The van der Waals surface area contributed by atoms with Crippen molar-refractivity contribution in [1.29, 1.82) is 15.8 Å². The Morgan fingerprint density at radius 3 is 2.32 bits per heavy atom. The van der Waals surface area contributed by atoms with Gasteiger partial charge in [-0.15, -0.1) is 0 Å². The highest BCUT2D eigenvalue weighted by Crippen LogP contribution is 2.62. The number of fused-ring (bicyclic) bond motifs is 6. The fourth-order valence-electron chi connectivity index (χ4n) is 6.57. The Hall–Kier alpha value is -4.71. The molecule has 0 saturated carbocycles. The first kappa shape index (κ1) is 23.7. The summed E-state index contributed by atoms with van der Waals surface area (Å²) in [4.78, 5) is 29.1. The molecule has 0 radical (unpaired) electrons. The summed E-state index contributed by atoms with van der Waals surface area (Å²) in [5.41, 5.74) is -0.117. The van der Waals surface area contributed by atoms with E-state index < -0.39 is 23.0 Å². The van der Waals surface area contributed by atoms with Crippen LogP contribution in [0.4, 0.5) is 5.69 Å². The van der Waals surface area contributed by atoms with Gasteiger partial charge in [-0.25, -0.2) is 4.90 Å². The Labute approximate surface area is 219 Å². The van der Waals surface area contributed by atoms with E-state index in [4.69, 9.17) is 14.7 Å². The number of carbonyl (C=O) groups is 2. The van der Waals surface area contributed by atoms with E-state index in [0.29, 0.717) is 47.0 Å². The molecule has 6 rings (SSSR count). The Kier molecular flexibility index (Phi) is 5.24. The van der Waals surface area contributed by atoms with Crippen molar-refractivity contribution < 1.29 is 19.1 Å². The number of amides is 2. The molecule has 0 spiro atoms. The molecule has 0 aromatic heterocycles. The van der Waals surface area contributed by atoms with Crippen molar-refractivity contribution in [2.75, 3.05) is 11.5 Å². The van der Waals surface area contributed by atoms with Gasteiger partial charge in [-0.2, -0.15) is 15.8 Å². The summed E-state index contributed by atoms with van der Waals surface area (Å²) in [6, 6.07) is 21.5. The lowest BCUT2D eigenvalue weighted by Crippen LogP contribution is -2.43. The van der Waals surface area contributed by atoms with Gasteiger partial charge in [-0.05, 0) is 50.1 Å². The van der Waals surface area contributed by atoms with Crippen molar-refractivity contribution in [3.05, 3.63) is 71.3 Å². The fourth-order valence-corrected chi connectivity index (χ4v) is 6.57. The minimum Gasteiger partial charge on any atom is -0.493 e. The van der Waals surface area contributed by atoms with Crippen molar-refractivity contribution in [2.45, 2.75) is 37.4 Å². The van der Waals surface area contributed by atoms with E-state index >= 15 is 0 Å². The summed E-state index contributed by atoms with van der Waals surface area (Å²) in [5, 5.41) is 29.3. The van der Waals surface area contributed by atoms with E-state index in [0.717, 1.165) is 0 Å². The zero-order chi connectivity index (χ0) is 26.7. The van der Waals surface area contributed by atoms with Gasteiger partial charge in [0.1, 0.15) is 17.9 Å². The molecule has 3 aliphatic rings. The quantitative estimate of drug-likeness (QED) is 0.475. The molecule has 3 fully saturated rings. The molecule has 8 heteroatoms. The minimum atomic E-state index is -0.839. The highest BCUT2D eigenvalue weighted by molar-refractivity contribution is 6.26. The number of nitrogens with zero attached hydrogens (tertiary/aromatic N) is 4. The first-order chi connectivity index (χ1) is 18.4. The maximum Gasteiger partial charge on any atom is 0.240 e. The summed E-state index contributed by atoms with van der Waals surface area (Å²) in [6.45, 7) is 2.13. The second-order valence-corrected chi connectivity index (χ2v) is 10.3. The van der Waals surface area contributed by atoms with Crippen LogP contribution in [0.5, 0.6) is 5.75 Å². The molecule has 2 amide bonds. The number of hydrogen-bond acceptors (Lipinski definition) is 7. The lowest BCUT2D eigenvalue weighted by atomic mass is 9.67. The topological polar surface area (TPSA) is 127 Å². The maximum atomic E-state index is 14.0.